The highest BCUT2D eigenvalue weighted by Crippen LogP contribution is 2.29. The summed E-state index contributed by atoms with van der Waals surface area (Å²) in [6, 6.07) is 38.1. The van der Waals surface area contributed by atoms with Crippen molar-refractivity contribution in [1.29, 1.82) is 0 Å². The Hall–Kier alpha value is -5.22. The molecule has 4 aromatic carbocycles. The van der Waals surface area contributed by atoms with Gasteiger partial charge in [0.2, 0.25) is 0 Å². The van der Waals surface area contributed by atoms with Crippen LogP contribution in [0.4, 0.5) is 4.79 Å². The third kappa shape index (κ3) is 10.1. The first kappa shape index (κ1) is 34.1. The molecular weight excluding hydrogens is 608 g/mol. The summed E-state index contributed by atoms with van der Waals surface area (Å²) in [6.45, 7) is 4.68. The predicted octanol–water partition coefficient (Wildman–Crippen LogP) is 6.21. The lowest BCUT2D eigenvalue weighted by Gasteiger charge is -2.25. The molecule has 0 bridgehead atoms. The van der Waals surface area contributed by atoms with Crippen molar-refractivity contribution in [2.45, 2.75) is 44.7 Å². The number of hydrogen-bond donors (Lipinski definition) is 2. The summed E-state index contributed by atoms with van der Waals surface area (Å²) in [6.07, 6.45) is -0.819. The Bertz CT molecular complexity index is 1620. The van der Waals surface area contributed by atoms with Gasteiger partial charge >= 0.3 is 12.1 Å². The van der Waals surface area contributed by atoms with Crippen molar-refractivity contribution in [3.05, 3.63) is 168 Å². The summed E-state index contributed by atoms with van der Waals surface area (Å²) in [5, 5.41) is 6.03. The Morgan fingerprint density at radius 2 is 1.17 bits per heavy atom. The molecule has 0 unspecified atom stereocenters. The minimum Gasteiger partial charge on any atom is -0.457 e. The molecule has 0 spiro atoms. The Kier molecular flexibility index (Phi) is 12.9. The van der Waals surface area contributed by atoms with E-state index >= 15 is 0 Å². The van der Waals surface area contributed by atoms with Crippen LogP contribution in [-0.2, 0) is 54.9 Å². The van der Waals surface area contributed by atoms with E-state index in [1.165, 1.54) is 6.08 Å². The molecule has 0 saturated carbocycles. The van der Waals surface area contributed by atoms with Gasteiger partial charge in [-0.3, -0.25) is 5.32 Å². The molecule has 1 saturated heterocycles. The number of amides is 1. The molecule has 1 heterocycles. The van der Waals surface area contributed by atoms with Gasteiger partial charge < -0.3 is 29.0 Å². The molecule has 1 aliphatic rings. The highest BCUT2D eigenvalue weighted by atomic mass is 16.6. The van der Waals surface area contributed by atoms with Gasteiger partial charge in [-0.25, -0.2) is 9.59 Å². The monoisotopic (exact) mass is 648 g/mol. The highest BCUT2D eigenvalue weighted by molar-refractivity contribution is 5.93. The van der Waals surface area contributed by atoms with Crippen molar-refractivity contribution in [2.24, 2.45) is 0 Å². The SMILES string of the molecule is C=CCOC(=O)/C(NC(=O)OCc1ccccc1)=C1\N[C@@H](COCc2ccccc2)[C@@H](OCc2ccccc2)[C@@H]1OCc1ccccc1. The lowest BCUT2D eigenvalue weighted by molar-refractivity contribution is -0.138. The maximum absolute atomic E-state index is 13.5. The van der Waals surface area contributed by atoms with Crippen molar-refractivity contribution >= 4 is 12.1 Å². The van der Waals surface area contributed by atoms with Crippen LogP contribution in [0.2, 0.25) is 0 Å². The first-order valence-electron chi connectivity index (χ1n) is 15.8. The summed E-state index contributed by atoms with van der Waals surface area (Å²) < 4.78 is 30.1. The maximum atomic E-state index is 13.5. The molecule has 0 aliphatic carbocycles. The standard InChI is InChI=1S/C39H40N2O7/c1-2-23-45-38(42)35(41-39(43)48-27-32-21-13-6-14-22-32)34-37(47-26-31-19-11-5-12-20-31)36(46-25-30-17-9-4-10-18-30)33(40-34)28-44-24-29-15-7-3-8-16-29/h2-22,33,36-37,40H,1,23-28H2,(H,41,43)/b35-34+/t33-,36+,37+/m0/s1. The largest absolute Gasteiger partial charge is 0.457 e. The van der Waals surface area contributed by atoms with E-state index in [1.807, 2.05) is 121 Å². The summed E-state index contributed by atoms with van der Waals surface area (Å²) in [7, 11) is 0. The smallest absolute Gasteiger partial charge is 0.412 e. The van der Waals surface area contributed by atoms with Gasteiger partial charge in [0.1, 0.15) is 25.4 Å². The van der Waals surface area contributed by atoms with Crippen molar-refractivity contribution in [2.75, 3.05) is 13.2 Å². The molecule has 0 aromatic heterocycles. The number of ether oxygens (including phenoxy) is 5. The molecular formula is C39H40N2O7. The van der Waals surface area contributed by atoms with Crippen LogP contribution in [-0.4, -0.2) is 43.5 Å². The summed E-state index contributed by atoms with van der Waals surface area (Å²) in [5.41, 5.74) is 3.85. The van der Waals surface area contributed by atoms with Crippen LogP contribution in [0, 0.1) is 0 Å². The maximum Gasteiger partial charge on any atom is 0.412 e. The molecule has 4 aromatic rings. The third-order valence-electron chi connectivity index (χ3n) is 7.53. The van der Waals surface area contributed by atoms with Crippen LogP contribution < -0.4 is 10.6 Å². The molecule has 9 nitrogen and oxygen atoms in total. The molecule has 0 radical (unpaired) electrons. The fourth-order valence-electron chi connectivity index (χ4n) is 5.17. The average molecular weight is 649 g/mol. The first-order chi connectivity index (χ1) is 23.6. The molecule has 1 aliphatic heterocycles. The Morgan fingerprint density at radius 1 is 0.667 bits per heavy atom. The van der Waals surface area contributed by atoms with Gasteiger partial charge in [-0.1, -0.05) is 134 Å². The van der Waals surface area contributed by atoms with Gasteiger partial charge in [0.25, 0.3) is 0 Å². The number of hydrogen-bond acceptors (Lipinski definition) is 8. The van der Waals surface area contributed by atoms with E-state index < -0.39 is 30.3 Å². The Labute approximate surface area is 281 Å². The number of alkyl carbamates (subject to hydrolysis) is 1. The number of esters is 1. The number of rotatable bonds is 16. The number of nitrogens with one attached hydrogen (secondary N) is 2. The van der Waals surface area contributed by atoms with E-state index in [9.17, 15) is 9.59 Å². The third-order valence-corrected chi connectivity index (χ3v) is 7.53. The van der Waals surface area contributed by atoms with Gasteiger partial charge in [-0.2, -0.15) is 0 Å². The van der Waals surface area contributed by atoms with Crippen molar-refractivity contribution in [3.8, 4) is 0 Å². The zero-order valence-corrected chi connectivity index (χ0v) is 26.7. The molecule has 5 rings (SSSR count). The average Bonchev–Trinajstić information content (AvgIpc) is 3.48. The second-order valence-electron chi connectivity index (χ2n) is 11.1. The summed E-state index contributed by atoms with van der Waals surface area (Å²) in [4.78, 5) is 26.7. The lowest BCUT2D eigenvalue weighted by Crippen LogP contribution is -2.39. The molecule has 248 valence electrons. The van der Waals surface area contributed by atoms with Crippen LogP contribution in [0.25, 0.3) is 0 Å². The number of benzene rings is 4. The molecule has 1 amide bonds. The van der Waals surface area contributed by atoms with Crippen LogP contribution in [0.1, 0.15) is 22.3 Å². The normalized spacial score (nSPS) is 18.0. The summed E-state index contributed by atoms with van der Waals surface area (Å²) >= 11 is 0. The van der Waals surface area contributed by atoms with Crippen LogP contribution in [0.5, 0.6) is 0 Å². The van der Waals surface area contributed by atoms with Gasteiger partial charge in [0.05, 0.1) is 38.2 Å². The molecule has 1 fully saturated rings. The minimum atomic E-state index is -0.828. The summed E-state index contributed by atoms with van der Waals surface area (Å²) in [5.74, 6) is -0.782. The topological polar surface area (TPSA) is 104 Å². The van der Waals surface area contributed by atoms with Crippen LogP contribution in [0.15, 0.2) is 145 Å². The lowest BCUT2D eigenvalue weighted by atomic mass is 10.1. The zero-order valence-electron chi connectivity index (χ0n) is 26.7. The van der Waals surface area contributed by atoms with Crippen LogP contribution >= 0.6 is 0 Å². The van der Waals surface area contributed by atoms with Gasteiger partial charge in [0, 0.05) is 0 Å². The van der Waals surface area contributed by atoms with Crippen LogP contribution in [0.3, 0.4) is 0 Å². The predicted molar refractivity (Wildman–Crippen MR) is 181 cm³/mol. The highest BCUT2D eigenvalue weighted by Gasteiger charge is 2.45. The zero-order chi connectivity index (χ0) is 33.4. The fourth-order valence-corrected chi connectivity index (χ4v) is 5.17. The van der Waals surface area contributed by atoms with Gasteiger partial charge in [-0.05, 0) is 22.3 Å². The Morgan fingerprint density at radius 3 is 1.71 bits per heavy atom. The van der Waals surface area contributed by atoms with Gasteiger partial charge in [0.15, 0.2) is 5.70 Å². The minimum absolute atomic E-state index is 0.0110. The number of carbonyl (C=O) groups is 2. The van der Waals surface area contributed by atoms with Gasteiger partial charge in [-0.15, -0.1) is 0 Å². The molecule has 48 heavy (non-hydrogen) atoms. The van der Waals surface area contributed by atoms with E-state index in [1.54, 1.807) is 0 Å². The number of carbonyl (C=O) groups excluding carboxylic acids is 2. The van der Waals surface area contributed by atoms with E-state index in [4.69, 9.17) is 23.7 Å². The molecule has 3 atom stereocenters. The van der Waals surface area contributed by atoms with Crippen molar-refractivity contribution < 1.29 is 33.3 Å². The quantitative estimate of drug-likeness (QED) is 0.0840. The second kappa shape index (κ2) is 18.2. The first-order valence-corrected chi connectivity index (χ1v) is 15.8. The van der Waals surface area contributed by atoms with E-state index in [0.717, 1.165) is 22.3 Å². The van der Waals surface area contributed by atoms with E-state index in [2.05, 4.69) is 17.2 Å². The molecule has 9 heteroatoms. The van der Waals surface area contributed by atoms with E-state index in [-0.39, 0.29) is 38.7 Å². The van der Waals surface area contributed by atoms with Crippen molar-refractivity contribution in [3.63, 3.8) is 0 Å². The fraction of sp³-hybridized carbons (Fsp3) is 0.231. The van der Waals surface area contributed by atoms with Crippen molar-refractivity contribution in [1.82, 2.24) is 10.6 Å². The Balaban J connectivity index is 1.46. The van der Waals surface area contributed by atoms with E-state index in [0.29, 0.717) is 12.3 Å². The molecule has 2 N–H and O–H groups in total. The second-order valence-corrected chi connectivity index (χ2v) is 11.1.